The maximum absolute atomic E-state index is 13.5. The number of rotatable bonds is 6. The number of quaternary nitrogens is 1. The van der Waals surface area contributed by atoms with Crippen molar-refractivity contribution in [3.8, 4) is 0 Å². The molecule has 2 aliphatic heterocycles. The Bertz CT molecular complexity index is 715. The van der Waals surface area contributed by atoms with Crippen LogP contribution in [0.15, 0.2) is 24.3 Å². The summed E-state index contributed by atoms with van der Waals surface area (Å²) >= 11 is 0. The van der Waals surface area contributed by atoms with Crippen LogP contribution in [0.5, 0.6) is 0 Å². The predicted molar refractivity (Wildman–Crippen MR) is 104 cm³/mol. The van der Waals surface area contributed by atoms with Crippen LogP contribution in [0, 0.1) is 5.41 Å². The number of carbonyl (C=O) groups excluding carboxylic acids is 2. The Morgan fingerprint density at radius 3 is 2.59 bits per heavy atom. The number of ether oxygens (including phenoxy) is 1. The number of nitrogen functional groups attached to an aromatic ring is 1. The van der Waals surface area contributed by atoms with Gasteiger partial charge in [-0.3, -0.25) is 15.1 Å². The Morgan fingerprint density at radius 2 is 2.00 bits per heavy atom. The highest BCUT2D eigenvalue weighted by atomic mass is 16.5. The Labute approximate surface area is 159 Å². The minimum absolute atomic E-state index is 0.00765. The molecule has 0 spiro atoms. The molecule has 0 bridgehead atoms. The lowest BCUT2D eigenvalue weighted by Crippen LogP contribution is -2.55. The molecule has 3 rings (SSSR count). The van der Waals surface area contributed by atoms with E-state index in [-0.39, 0.29) is 34.8 Å². The topological polar surface area (TPSA) is 109 Å². The van der Waals surface area contributed by atoms with Crippen molar-refractivity contribution in [2.45, 2.75) is 25.3 Å². The van der Waals surface area contributed by atoms with Crippen LogP contribution < -0.4 is 15.5 Å². The number of carbonyl (C=O) groups is 2. The van der Waals surface area contributed by atoms with Gasteiger partial charge in [0.25, 0.3) is 0 Å². The normalized spacial score (nSPS) is 23.4. The largest absolute Gasteiger partial charge is 0.469 e. The SMILES string of the molecule is COC(=O)CC[N+]1(c2ccc(C(=N)N)cc2)CCN(C2CCNCC2)C1=O. The van der Waals surface area contributed by atoms with E-state index in [1.54, 1.807) is 12.1 Å². The van der Waals surface area contributed by atoms with Crippen molar-refractivity contribution in [2.24, 2.45) is 5.73 Å². The number of hydrogen-bond acceptors (Lipinski definition) is 5. The number of esters is 1. The monoisotopic (exact) mass is 374 g/mol. The maximum atomic E-state index is 13.5. The van der Waals surface area contributed by atoms with Gasteiger partial charge in [0, 0.05) is 23.7 Å². The summed E-state index contributed by atoms with van der Waals surface area (Å²) in [5, 5.41) is 10.9. The zero-order chi connectivity index (χ0) is 19.4. The van der Waals surface area contributed by atoms with Gasteiger partial charge in [0.2, 0.25) is 0 Å². The molecular weight excluding hydrogens is 346 g/mol. The molecular formula is C19H28N5O3+. The first kappa shape index (κ1) is 19.3. The third-order valence-electron chi connectivity index (χ3n) is 5.68. The Morgan fingerprint density at radius 1 is 1.33 bits per heavy atom. The minimum atomic E-state index is -0.319. The van der Waals surface area contributed by atoms with Crippen molar-refractivity contribution in [1.82, 2.24) is 14.7 Å². The molecule has 0 radical (unpaired) electrons. The Balaban J connectivity index is 1.89. The number of nitrogens with zero attached hydrogens (tertiary/aromatic N) is 2. The maximum Gasteiger partial charge on any atom is 0.424 e. The number of nitrogens with one attached hydrogen (secondary N) is 2. The highest BCUT2D eigenvalue weighted by Gasteiger charge is 2.50. The third-order valence-corrected chi connectivity index (χ3v) is 5.68. The summed E-state index contributed by atoms with van der Waals surface area (Å²) in [5.41, 5.74) is 6.99. The summed E-state index contributed by atoms with van der Waals surface area (Å²) in [7, 11) is 1.36. The number of piperidine rings is 1. The number of hydrogen-bond donors (Lipinski definition) is 3. The highest BCUT2D eigenvalue weighted by Crippen LogP contribution is 2.32. The molecule has 1 unspecified atom stereocenters. The molecule has 0 saturated carbocycles. The average molecular weight is 374 g/mol. The summed E-state index contributed by atoms with van der Waals surface area (Å²) < 4.78 is 4.90. The molecule has 0 aromatic heterocycles. The van der Waals surface area contributed by atoms with Crippen molar-refractivity contribution in [3.05, 3.63) is 29.8 Å². The van der Waals surface area contributed by atoms with Crippen molar-refractivity contribution >= 4 is 23.5 Å². The smallest absolute Gasteiger partial charge is 0.424 e. The molecule has 27 heavy (non-hydrogen) atoms. The van der Waals surface area contributed by atoms with E-state index in [4.69, 9.17) is 15.9 Å². The lowest BCUT2D eigenvalue weighted by molar-refractivity contribution is -0.140. The van der Waals surface area contributed by atoms with Crippen LogP contribution in [0.4, 0.5) is 10.5 Å². The van der Waals surface area contributed by atoms with Gasteiger partial charge < -0.3 is 15.8 Å². The van der Waals surface area contributed by atoms with E-state index in [0.717, 1.165) is 31.6 Å². The molecule has 2 aliphatic rings. The van der Waals surface area contributed by atoms with Gasteiger partial charge in [-0.2, -0.15) is 0 Å². The summed E-state index contributed by atoms with van der Waals surface area (Å²) in [6, 6.07) is 7.50. The van der Waals surface area contributed by atoms with Gasteiger partial charge >= 0.3 is 12.0 Å². The predicted octanol–water partition coefficient (Wildman–Crippen LogP) is 1.03. The van der Waals surface area contributed by atoms with Crippen LogP contribution in [0.1, 0.15) is 24.8 Å². The lowest BCUT2D eigenvalue weighted by atomic mass is 10.1. The molecule has 4 N–H and O–H groups in total. The van der Waals surface area contributed by atoms with Crippen molar-refractivity contribution in [2.75, 3.05) is 39.8 Å². The molecule has 2 amide bonds. The van der Waals surface area contributed by atoms with E-state index in [0.29, 0.717) is 25.2 Å². The fourth-order valence-corrected chi connectivity index (χ4v) is 4.06. The van der Waals surface area contributed by atoms with Crippen LogP contribution in [0.2, 0.25) is 0 Å². The van der Waals surface area contributed by atoms with Gasteiger partial charge in [0.15, 0.2) is 0 Å². The number of benzene rings is 1. The highest BCUT2D eigenvalue weighted by molar-refractivity contribution is 5.96. The molecule has 2 saturated heterocycles. The summed E-state index contributed by atoms with van der Waals surface area (Å²) in [4.78, 5) is 27.3. The molecule has 0 aliphatic carbocycles. The second-order valence-corrected chi connectivity index (χ2v) is 7.16. The van der Waals surface area contributed by atoms with Crippen LogP contribution in [-0.2, 0) is 9.53 Å². The second kappa shape index (κ2) is 8.06. The number of nitrogens with two attached hydrogens (primary N) is 1. The van der Waals surface area contributed by atoms with Crippen LogP contribution in [-0.4, -0.2) is 68.6 Å². The van der Waals surface area contributed by atoms with Crippen LogP contribution in [0.3, 0.4) is 0 Å². The number of urea groups is 1. The lowest BCUT2D eigenvalue weighted by Gasteiger charge is -2.33. The Hall–Kier alpha value is -2.45. The first-order chi connectivity index (χ1) is 13.0. The summed E-state index contributed by atoms with van der Waals surface area (Å²) in [5.74, 6) is -0.326. The van der Waals surface area contributed by atoms with Crippen molar-refractivity contribution < 1.29 is 14.3 Å². The third kappa shape index (κ3) is 3.81. The average Bonchev–Trinajstić information content (AvgIpc) is 3.04. The van der Waals surface area contributed by atoms with E-state index >= 15 is 0 Å². The summed E-state index contributed by atoms with van der Waals surface area (Å²) in [6.45, 7) is 3.51. The minimum Gasteiger partial charge on any atom is -0.469 e. The van der Waals surface area contributed by atoms with Crippen molar-refractivity contribution in [3.63, 3.8) is 0 Å². The Kier molecular flexibility index (Phi) is 5.76. The van der Waals surface area contributed by atoms with E-state index in [9.17, 15) is 9.59 Å². The fraction of sp³-hybridized carbons (Fsp3) is 0.526. The molecule has 146 valence electrons. The molecule has 8 nitrogen and oxygen atoms in total. The number of amidine groups is 1. The first-order valence-electron chi connectivity index (χ1n) is 9.39. The molecule has 2 fully saturated rings. The zero-order valence-corrected chi connectivity index (χ0v) is 15.7. The van der Waals surface area contributed by atoms with Gasteiger partial charge in [-0.25, -0.2) is 9.28 Å². The molecule has 2 heterocycles. The van der Waals surface area contributed by atoms with Gasteiger partial charge in [0.1, 0.15) is 24.6 Å². The summed E-state index contributed by atoms with van der Waals surface area (Å²) in [6.07, 6.45) is 2.08. The first-order valence-corrected chi connectivity index (χ1v) is 9.39. The second-order valence-electron chi connectivity index (χ2n) is 7.16. The zero-order valence-electron chi connectivity index (χ0n) is 15.7. The number of amides is 2. The van der Waals surface area contributed by atoms with Gasteiger partial charge in [-0.05, 0) is 38.1 Å². The van der Waals surface area contributed by atoms with Crippen LogP contribution in [0.25, 0.3) is 0 Å². The molecule has 8 heteroatoms. The van der Waals surface area contributed by atoms with E-state index in [1.165, 1.54) is 7.11 Å². The fourth-order valence-electron chi connectivity index (χ4n) is 4.06. The van der Waals surface area contributed by atoms with E-state index < -0.39 is 0 Å². The molecule has 1 aromatic carbocycles. The standard InChI is InChI=1S/C19H28N5O3/c1-27-17(25)8-12-24(16-4-2-14(3-5-16)18(20)21)13-11-23(19(24)26)15-6-9-22-10-7-15/h2-5,15,22H,6-13H2,1H3,(H3,20,21)/q+1. The number of methoxy groups -OCH3 is 1. The molecule has 1 atom stereocenters. The quantitative estimate of drug-likeness (QED) is 0.298. The van der Waals surface area contributed by atoms with E-state index in [2.05, 4.69) is 5.32 Å². The van der Waals surface area contributed by atoms with Gasteiger partial charge in [0.05, 0.1) is 20.1 Å². The van der Waals surface area contributed by atoms with Crippen LogP contribution >= 0.6 is 0 Å². The van der Waals surface area contributed by atoms with Gasteiger partial charge in [-0.15, -0.1) is 0 Å². The van der Waals surface area contributed by atoms with Crippen molar-refractivity contribution in [1.29, 1.82) is 5.41 Å². The van der Waals surface area contributed by atoms with Gasteiger partial charge in [-0.1, -0.05) is 0 Å². The van der Waals surface area contributed by atoms with E-state index in [1.807, 2.05) is 17.0 Å². The molecule has 1 aromatic rings.